The number of thiol groups is 1. The Balaban J connectivity index is 2.18. The highest BCUT2D eigenvalue weighted by molar-refractivity contribution is 7.80. The molecule has 0 atom stereocenters. The average Bonchev–Trinajstić information content (AvgIpc) is 3.15. The fraction of sp³-hybridized carbons (Fsp3) is 0.222. The molecule has 3 aromatic rings. The minimum atomic E-state index is 0.481. The third-order valence-electron chi connectivity index (χ3n) is 3.94. The van der Waals surface area contributed by atoms with Gasteiger partial charge in [-0.05, 0) is 30.3 Å². The van der Waals surface area contributed by atoms with Crippen molar-refractivity contribution in [2.75, 3.05) is 28.4 Å². The summed E-state index contributed by atoms with van der Waals surface area (Å²) in [6.07, 6.45) is 1.66. The van der Waals surface area contributed by atoms with Crippen LogP contribution in [0.15, 0.2) is 41.4 Å². The van der Waals surface area contributed by atoms with Crippen LogP contribution in [-0.2, 0) is 0 Å². The Morgan fingerprint density at radius 1 is 0.885 bits per heavy atom. The molecular weight excluding hydrogens is 354 g/mol. The molecule has 0 fully saturated rings. The van der Waals surface area contributed by atoms with Crippen LogP contribution in [-0.4, -0.2) is 43.4 Å². The fourth-order valence-corrected chi connectivity index (χ4v) is 3.02. The van der Waals surface area contributed by atoms with Crippen LogP contribution < -0.4 is 18.9 Å². The summed E-state index contributed by atoms with van der Waals surface area (Å²) in [5.74, 6) is 2.26. The Kier molecular flexibility index (Phi) is 5.22. The largest absolute Gasteiger partial charge is 0.497 e. The highest BCUT2D eigenvalue weighted by Crippen LogP contribution is 2.42. The molecule has 136 valence electrons. The van der Waals surface area contributed by atoms with Gasteiger partial charge in [-0.1, -0.05) is 5.21 Å². The molecular formula is C18H19N3O4S. The number of nitrogens with zero attached hydrogens (tertiary/aromatic N) is 3. The van der Waals surface area contributed by atoms with Gasteiger partial charge >= 0.3 is 0 Å². The molecule has 0 saturated heterocycles. The summed E-state index contributed by atoms with van der Waals surface area (Å²) >= 11 is 4.56. The predicted molar refractivity (Wildman–Crippen MR) is 100 cm³/mol. The molecule has 1 aromatic heterocycles. The zero-order valence-corrected chi connectivity index (χ0v) is 15.8. The number of ether oxygens (including phenoxy) is 4. The summed E-state index contributed by atoms with van der Waals surface area (Å²) in [6, 6.07) is 9.22. The number of aromatic nitrogens is 3. The van der Waals surface area contributed by atoms with Crippen LogP contribution in [0.3, 0.4) is 0 Å². The Morgan fingerprint density at radius 3 is 2.27 bits per heavy atom. The van der Waals surface area contributed by atoms with Gasteiger partial charge in [0.25, 0.3) is 0 Å². The number of benzene rings is 2. The van der Waals surface area contributed by atoms with Crippen LogP contribution >= 0.6 is 12.6 Å². The monoisotopic (exact) mass is 373 g/mol. The van der Waals surface area contributed by atoms with E-state index in [0.29, 0.717) is 22.9 Å². The zero-order chi connectivity index (χ0) is 18.7. The maximum atomic E-state index is 5.56. The van der Waals surface area contributed by atoms with Crippen LogP contribution in [0.5, 0.6) is 23.0 Å². The van der Waals surface area contributed by atoms with Crippen molar-refractivity contribution in [3.05, 3.63) is 36.5 Å². The second-order valence-electron chi connectivity index (χ2n) is 5.27. The third kappa shape index (κ3) is 3.03. The molecule has 0 spiro atoms. The molecule has 1 heterocycles. The Labute approximate surface area is 156 Å². The molecule has 0 aliphatic carbocycles. The van der Waals surface area contributed by atoms with Crippen LogP contribution in [0.1, 0.15) is 0 Å². The molecule has 0 amide bonds. The van der Waals surface area contributed by atoms with Crippen molar-refractivity contribution in [3.8, 4) is 39.9 Å². The number of rotatable bonds is 6. The molecule has 3 rings (SSSR count). The average molecular weight is 373 g/mol. The maximum absolute atomic E-state index is 5.56. The molecule has 8 heteroatoms. The summed E-state index contributed by atoms with van der Waals surface area (Å²) in [4.78, 5) is 0.743. The van der Waals surface area contributed by atoms with Crippen molar-refractivity contribution in [2.45, 2.75) is 4.90 Å². The van der Waals surface area contributed by atoms with E-state index in [-0.39, 0.29) is 0 Å². The summed E-state index contributed by atoms with van der Waals surface area (Å²) in [7, 11) is 6.31. The van der Waals surface area contributed by atoms with Gasteiger partial charge in [0.05, 0.1) is 40.3 Å². The summed E-state index contributed by atoms with van der Waals surface area (Å²) in [5.41, 5.74) is 2.28. The normalized spacial score (nSPS) is 10.5. The Bertz CT molecular complexity index is 927. The van der Waals surface area contributed by atoms with Gasteiger partial charge in [0.1, 0.15) is 11.4 Å². The van der Waals surface area contributed by atoms with Gasteiger partial charge in [-0.2, -0.15) is 0 Å². The predicted octanol–water partition coefficient (Wildman–Crippen LogP) is 3.26. The molecule has 0 aliphatic heterocycles. The van der Waals surface area contributed by atoms with E-state index in [2.05, 4.69) is 22.9 Å². The summed E-state index contributed by atoms with van der Waals surface area (Å²) in [5, 5.41) is 8.26. The lowest BCUT2D eigenvalue weighted by atomic mass is 10.1. The molecule has 26 heavy (non-hydrogen) atoms. The van der Waals surface area contributed by atoms with E-state index in [1.807, 2.05) is 24.3 Å². The first kappa shape index (κ1) is 17.9. The van der Waals surface area contributed by atoms with Gasteiger partial charge < -0.3 is 18.9 Å². The summed E-state index contributed by atoms with van der Waals surface area (Å²) in [6.45, 7) is 0. The van der Waals surface area contributed by atoms with E-state index in [4.69, 9.17) is 18.9 Å². The van der Waals surface area contributed by atoms with Crippen LogP contribution in [0.25, 0.3) is 16.9 Å². The molecule has 0 bridgehead atoms. The van der Waals surface area contributed by atoms with E-state index in [0.717, 1.165) is 21.9 Å². The molecule has 0 N–H and O–H groups in total. The van der Waals surface area contributed by atoms with Crippen molar-refractivity contribution in [1.82, 2.24) is 15.0 Å². The molecule has 0 radical (unpaired) electrons. The fourth-order valence-electron chi connectivity index (χ4n) is 2.70. The molecule has 0 aliphatic rings. The minimum absolute atomic E-state index is 0.481. The molecule has 7 nitrogen and oxygen atoms in total. The van der Waals surface area contributed by atoms with E-state index in [1.54, 1.807) is 45.4 Å². The van der Waals surface area contributed by atoms with Gasteiger partial charge in [0.15, 0.2) is 11.5 Å². The minimum Gasteiger partial charge on any atom is -0.497 e. The number of hydrogen-bond acceptors (Lipinski definition) is 7. The highest BCUT2D eigenvalue weighted by atomic mass is 32.1. The van der Waals surface area contributed by atoms with Gasteiger partial charge in [-0.25, -0.2) is 4.68 Å². The first-order chi connectivity index (χ1) is 12.6. The standard InChI is InChI=1S/C18H19N3O4S/c1-22-11-5-6-12(16(26)9-11)14-10-19-20-21(14)13-7-8-15(23-2)18(25-4)17(13)24-3/h5-10,26H,1-4H3. The smallest absolute Gasteiger partial charge is 0.205 e. The van der Waals surface area contributed by atoms with E-state index >= 15 is 0 Å². The van der Waals surface area contributed by atoms with Gasteiger partial charge in [0, 0.05) is 10.5 Å². The Morgan fingerprint density at radius 2 is 1.65 bits per heavy atom. The topological polar surface area (TPSA) is 67.6 Å². The van der Waals surface area contributed by atoms with Crippen molar-refractivity contribution < 1.29 is 18.9 Å². The van der Waals surface area contributed by atoms with Crippen molar-refractivity contribution in [3.63, 3.8) is 0 Å². The van der Waals surface area contributed by atoms with E-state index < -0.39 is 0 Å². The van der Waals surface area contributed by atoms with Crippen LogP contribution in [0, 0.1) is 0 Å². The lowest BCUT2D eigenvalue weighted by molar-refractivity contribution is 0.323. The van der Waals surface area contributed by atoms with Gasteiger partial charge in [0.2, 0.25) is 5.75 Å². The quantitative estimate of drug-likeness (QED) is 0.669. The van der Waals surface area contributed by atoms with Gasteiger partial charge in [-0.15, -0.1) is 17.7 Å². The SMILES string of the molecule is COc1ccc(-c2cnnn2-c2ccc(OC)c(OC)c2OC)c(S)c1. The van der Waals surface area contributed by atoms with E-state index in [9.17, 15) is 0 Å². The molecule has 2 aromatic carbocycles. The van der Waals surface area contributed by atoms with Gasteiger partial charge in [-0.3, -0.25) is 0 Å². The number of hydrogen-bond donors (Lipinski definition) is 1. The van der Waals surface area contributed by atoms with Crippen LogP contribution in [0.4, 0.5) is 0 Å². The summed E-state index contributed by atoms with van der Waals surface area (Å²) < 4.78 is 23.3. The first-order valence-electron chi connectivity index (χ1n) is 7.72. The molecule has 0 saturated carbocycles. The van der Waals surface area contributed by atoms with Crippen molar-refractivity contribution in [1.29, 1.82) is 0 Å². The zero-order valence-electron chi connectivity index (χ0n) is 14.9. The van der Waals surface area contributed by atoms with E-state index in [1.165, 1.54) is 0 Å². The van der Waals surface area contributed by atoms with Crippen LogP contribution in [0.2, 0.25) is 0 Å². The lowest BCUT2D eigenvalue weighted by Gasteiger charge is -2.17. The Hall–Kier alpha value is -2.87. The second kappa shape index (κ2) is 7.57. The van der Waals surface area contributed by atoms with Crippen molar-refractivity contribution >= 4 is 12.6 Å². The second-order valence-corrected chi connectivity index (χ2v) is 5.75. The first-order valence-corrected chi connectivity index (χ1v) is 8.16. The highest BCUT2D eigenvalue weighted by Gasteiger charge is 2.21. The van der Waals surface area contributed by atoms with Crippen molar-refractivity contribution in [2.24, 2.45) is 0 Å². The maximum Gasteiger partial charge on any atom is 0.205 e. The lowest BCUT2D eigenvalue weighted by Crippen LogP contribution is -2.05. The third-order valence-corrected chi connectivity index (χ3v) is 4.31. The molecule has 0 unspecified atom stereocenters. The number of methoxy groups -OCH3 is 4.